The Morgan fingerprint density at radius 2 is 1.15 bits per heavy atom. The highest BCUT2D eigenvalue weighted by atomic mass is 19.1. The van der Waals surface area contributed by atoms with Crippen LogP contribution < -0.4 is 4.74 Å². The van der Waals surface area contributed by atoms with E-state index in [1.807, 2.05) is 13.8 Å². The van der Waals surface area contributed by atoms with Crippen LogP contribution >= 0.6 is 0 Å². The van der Waals surface area contributed by atoms with E-state index in [2.05, 4.69) is 23.7 Å². The molecule has 0 atom stereocenters. The maximum Gasteiger partial charge on any atom is 0.143 e. The van der Waals surface area contributed by atoms with Crippen molar-refractivity contribution in [2.24, 2.45) is 0 Å². The number of benzene rings is 3. The summed E-state index contributed by atoms with van der Waals surface area (Å²) in [5.41, 5.74) is 0.198. The lowest BCUT2D eigenvalue weighted by Gasteiger charge is -2.03. The first-order valence-corrected chi connectivity index (χ1v) is 10.6. The lowest BCUT2D eigenvalue weighted by Crippen LogP contribution is -1.96. The molecule has 0 unspecified atom stereocenters. The molecule has 0 spiro atoms. The Labute approximate surface area is 191 Å². The number of hydrogen-bond donors (Lipinski definition) is 0. The molecule has 0 saturated heterocycles. The molecule has 0 saturated carbocycles. The van der Waals surface area contributed by atoms with E-state index in [1.165, 1.54) is 12.1 Å². The van der Waals surface area contributed by atoms with Crippen molar-refractivity contribution >= 4 is 0 Å². The lowest BCUT2D eigenvalue weighted by molar-refractivity contribution is 0.317. The maximum atomic E-state index is 14.5. The molecule has 3 aromatic carbocycles. The maximum absolute atomic E-state index is 14.5. The summed E-state index contributed by atoms with van der Waals surface area (Å²) in [5, 5.41) is 0. The van der Waals surface area contributed by atoms with Gasteiger partial charge in [-0.15, -0.1) is 0 Å². The van der Waals surface area contributed by atoms with Crippen molar-refractivity contribution in [3.63, 3.8) is 0 Å². The first-order chi connectivity index (χ1) is 15.9. The fraction of sp³-hybridized carbons (Fsp3) is 0.214. The summed E-state index contributed by atoms with van der Waals surface area (Å²) in [4.78, 5) is 0. The lowest BCUT2D eigenvalue weighted by atomic mass is 10.1. The molecule has 1 nitrogen and oxygen atoms in total. The summed E-state index contributed by atoms with van der Waals surface area (Å²) in [6.45, 7) is 4.50. The smallest absolute Gasteiger partial charge is 0.143 e. The minimum atomic E-state index is -0.908. The van der Waals surface area contributed by atoms with E-state index >= 15 is 0 Å². The molecule has 3 rings (SSSR count). The minimum Gasteiger partial charge on any atom is -0.494 e. The fourth-order valence-electron chi connectivity index (χ4n) is 3.07. The summed E-state index contributed by atoms with van der Waals surface area (Å²) in [6, 6.07) is 11.3. The van der Waals surface area contributed by atoms with Crippen molar-refractivity contribution in [1.82, 2.24) is 0 Å². The molecule has 0 bridgehead atoms. The van der Waals surface area contributed by atoms with E-state index in [-0.39, 0.29) is 5.56 Å². The first-order valence-electron chi connectivity index (χ1n) is 10.6. The number of aryl methyl sites for hydroxylation is 1. The van der Waals surface area contributed by atoms with Crippen LogP contribution in [0.2, 0.25) is 0 Å². The summed E-state index contributed by atoms with van der Waals surface area (Å²) < 4.78 is 62.8. The Balaban J connectivity index is 1.82. The Kier molecular flexibility index (Phi) is 8.17. The van der Waals surface area contributed by atoms with Crippen LogP contribution in [-0.4, -0.2) is 6.61 Å². The van der Waals surface area contributed by atoms with Gasteiger partial charge in [-0.3, -0.25) is 0 Å². The molecule has 168 valence electrons. The van der Waals surface area contributed by atoms with Crippen LogP contribution in [0.15, 0.2) is 48.5 Å². The third-order valence-electron chi connectivity index (χ3n) is 4.67. The van der Waals surface area contributed by atoms with Crippen molar-refractivity contribution in [1.29, 1.82) is 0 Å². The summed E-state index contributed by atoms with van der Waals surface area (Å²) in [6.07, 6.45) is 2.17. The largest absolute Gasteiger partial charge is 0.494 e. The molecule has 0 N–H and O–H groups in total. The van der Waals surface area contributed by atoms with E-state index in [4.69, 9.17) is 4.74 Å². The van der Waals surface area contributed by atoms with E-state index in [0.717, 1.165) is 25.0 Å². The Bertz CT molecular complexity index is 1210. The number of ether oxygens (including phenoxy) is 1. The summed E-state index contributed by atoms with van der Waals surface area (Å²) >= 11 is 0. The fourth-order valence-corrected chi connectivity index (χ4v) is 3.07. The number of halogens is 4. The Hall–Kier alpha value is -3.70. The molecule has 0 amide bonds. The van der Waals surface area contributed by atoms with Gasteiger partial charge in [0.25, 0.3) is 0 Å². The van der Waals surface area contributed by atoms with Gasteiger partial charge in [0, 0.05) is 11.1 Å². The highest BCUT2D eigenvalue weighted by Crippen LogP contribution is 2.18. The summed E-state index contributed by atoms with van der Waals surface area (Å²) in [5.74, 6) is 7.23. The third kappa shape index (κ3) is 6.40. The van der Waals surface area contributed by atoms with Crippen molar-refractivity contribution in [3.8, 4) is 29.4 Å². The Morgan fingerprint density at radius 3 is 1.67 bits per heavy atom. The van der Waals surface area contributed by atoms with Crippen LogP contribution in [-0.2, 0) is 6.42 Å². The molecule has 3 aromatic rings. The van der Waals surface area contributed by atoms with Crippen LogP contribution in [0.25, 0.3) is 0 Å². The van der Waals surface area contributed by atoms with Crippen LogP contribution in [0, 0.1) is 47.0 Å². The van der Waals surface area contributed by atoms with Crippen molar-refractivity contribution in [2.75, 3.05) is 6.61 Å². The second kappa shape index (κ2) is 11.2. The van der Waals surface area contributed by atoms with Crippen LogP contribution in [0.1, 0.15) is 54.5 Å². The normalized spacial score (nSPS) is 10.1. The number of hydrogen-bond acceptors (Lipinski definition) is 1. The molecule has 33 heavy (non-hydrogen) atoms. The summed E-state index contributed by atoms with van der Waals surface area (Å²) in [7, 11) is 0. The van der Waals surface area contributed by atoms with Gasteiger partial charge in [0.1, 0.15) is 29.0 Å². The molecule has 0 radical (unpaired) electrons. The average Bonchev–Trinajstić information content (AvgIpc) is 2.77. The van der Waals surface area contributed by atoms with Crippen molar-refractivity contribution in [2.45, 2.75) is 33.1 Å². The Morgan fingerprint density at radius 1 is 0.636 bits per heavy atom. The van der Waals surface area contributed by atoms with Gasteiger partial charge in [-0.1, -0.05) is 44.0 Å². The molecule has 0 aliphatic carbocycles. The minimum absolute atomic E-state index is 0.0515. The molecule has 5 heteroatoms. The van der Waals surface area contributed by atoms with Gasteiger partial charge in [0.05, 0.1) is 17.7 Å². The molecule has 0 aromatic heterocycles. The van der Waals surface area contributed by atoms with Crippen LogP contribution in [0.3, 0.4) is 0 Å². The predicted molar refractivity (Wildman–Crippen MR) is 121 cm³/mol. The molecule has 0 aliphatic rings. The van der Waals surface area contributed by atoms with E-state index < -0.39 is 34.4 Å². The van der Waals surface area contributed by atoms with Gasteiger partial charge >= 0.3 is 0 Å². The molecule has 0 heterocycles. The zero-order chi connectivity index (χ0) is 23.8. The van der Waals surface area contributed by atoms with Crippen molar-refractivity contribution < 1.29 is 22.3 Å². The van der Waals surface area contributed by atoms with Crippen LogP contribution in [0.4, 0.5) is 17.6 Å². The zero-order valence-electron chi connectivity index (χ0n) is 18.4. The highest BCUT2D eigenvalue weighted by Gasteiger charge is 2.11. The van der Waals surface area contributed by atoms with E-state index in [0.29, 0.717) is 29.9 Å². The van der Waals surface area contributed by atoms with Gasteiger partial charge in [0.2, 0.25) is 0 Å². The quantitative estimate of drug-likeness (QED) is 0.307. The van der Waals surface area contributed by atoms with Crippen molar-refractivity contribution in [3.05, 3.63) is 99.6 Å². The topological polar surface area (TPSA) is 9.23 Å². The average molecular weight is 450 g/mol. The monoisotopic (exact) mass is 450 g/mol. The second-order valence-corrected chi connectivity index (χ2v) is 7.37. The third-order valence-corrected chi connectivity index (χ3v) is 4.67. The van der Waals surface area contributed by atoms with Gasteiger partial charge in [0.15, 0.2) is 0 Å². The van der Waals surface area contributed by atoms with Gasteiger partial charge in [-0.2, -0.15) is 0 Å². The van der Waals surface area contributed by atoms with E-state index in [9.17, 15) is 17.6 Å². The van der Waals surface area contributed by atoms with Gasteiger partial charge in [-0.05, 0) is 66.9 Å². The number of rotatable bonds is 5. The molecule has 0 fully saturated rings. The molecular weight excluding hydrogens is 428 g/mol. The standard InChI is InChI=1S/C28H22F4O/c1-3-5-20-15-25(29)24(26(30)16-20)13-9-21-17-27(31)23(28(32)18-21)12-8-19-6-10-22(11-7-19)33-14-4-2/h6-7,10-11,15-18H,3-5,14H2,1-2H3. The van der Waals surface area contributed by atoms with Gasteiger partial charge < -0.3 is 4.74 Å². The first kappa shape index (κ1) is 24.0. The zero-order valence-corrected chi connectivity index (χ0v) is 18.4. The molecule has 0 aliphatic heterocycles. The molecular formula is C28H22F4O. The highest BCUT2D eigenvalue weighted by molar-refractivity contribution is 5.50. The van der Waals surface area contributed by atoms with E-state index in [1.54, 1.807) is 24.3 Å². The predicted octanol–water partition coefficient (Wildman–Crippen LogP) is 6.78. The SMILES string of the molecule is CCCOc1ccc(C#Cc2c(F)cc(C#Cc3c(F)cc(CCC)cc3F)cc2F)cc1. The second-order valence-electron chi connectivity index (χ2n) is 7.37. The van der Waals surface area contributed by atoms with Gasteiger partial charge in [-0.25, -0.2) is 17.6 Å². The van der Waals surface area contributed by atoms with Crippen LogP contribution in [0.5, 0.6) is 5.75 Å².